The van der Waals surface area contributed by atoms with E-state index in [9.17, 15) is 0 Å². The van der Waals surface area contributed by atoms with Crippen molar-refractivity contribution in [2.45, 2.75) is 5.41 Å². The molecule has 8 aromatic carbocycles. The van der Waals surface area contributed by atoms with Crippen molar-refractivity contribution in [2.24, 2.45) is 0 Å². The maximum Gasteiger partial charge on any atom is 0.0725 e. The monoisotopic (exact) mass is 654 g/mol. The Morgan fingerprint density at radius 3 is 1.34 bits per heavy atom. The number of rotatable bonds is 2. The second-order valence-electron chi connectivity index (χ2n) is 13.3. The van der Waals surface area contributed by atoms with Crippen molar-refractivity contribution in [3.8, 4) is 66.8 Å². The third-order valence-corrected chi connectivity index (χ3v) is 11.0. The highest BCUT2D eigenvalue weighted by Gasteiger charge is 2.49. The summed E-state index contributed by atoms with van der Waals surface area (Å²) in [7, 11) is 0. The maximum atomic E-state index is 6.87. The van der Waals surface area contributed by atoms with Gasteiger partial charge < -0.3 is 0 Å². The van der Waals surface area contributed by atoms with Crippen LogP contribution in [0.25, 0.3) is 66.8 Å². The van der Waals surface area contributed by atoms with E-state index in [0.717, 1.165) is 10.6 Å². The molecule has 0 unspecified atom stereocenters. The van der Waals surface area contributed by atoms with Crippen LogP contribution in [0.4, 0.5) is 0 Å². The topological polar surface area (TPSA) is 0 Å². The SMILES string of the molecule is Clc1ccc2c(c1)-c1ccccc1-c1cc(-c3ccccc3)ccc1C1(c3cc(-c4ccccc4)ccc3-2)c2ccccc2-c2ccccc21. The zero-order valence-electron chi connectivity index (χ0n) is 27.3. The first-order chi connectivity index (χ1) is 24.7. The number of halogens is 1. The van der Waals surface area contributed by atoms with Gasteiger partial charge in [-0.15, -0.1) is 0 Å². The summed E-state index contributed by atoms with van der Waals surface area (Å²) in [5.41, 5.74) is 19.0. The van der Waals surface area contributed by atoms with Crippen molar-refractivity contribution < 1.29 is 0 Å². The van der Waals surface area contributed by atoms with Gasteiger partial charge in [-0.3, -0.25) is 0 Å². The lowest BCUT2D eigenvalue weighted by atomic mass is 9.64. The molecule has 8 aromatic rings. The summed E-state index contributed by atoms with van der Waals surface area (Å²) < 4.78 is 0. The van der Waals surface area contributed by atoms with Crippen LogP contribution in [-0.2, 0) is 5.41 Å². The molecule has 50 heavy (non-hydrogen) atoms. The third-order valence-electron chi connectivity index (χ3n) is 10.8. The van der Waals surface area contributed by atoms with Gasteiger partial charge in [0.2, 0.25) is 0 Å². The summed E-state index contributed by atoms with van der Waals surface area (Å²) in [6, 6.07) is 69.1. The molecular formula is C49H31Cl. The number of fused-ring (bicyclic) bond motifs is 14. The first-order valence-electron chi connectivity index (χ1n) is 17.2. The Bertz CT molecular complexity index is 2550. The van der Waals surface area contributed by atoms with Crippen LogP contribution >= 0.6 is 11.6 Å². The van der Waals surface area contributed by atoms with Gasteiger partial charge in [-0.25, -0.2) is 0 Å². The van der Waals surface area contributed by atoms with Gasteiger partial charge in [0, 0.05) is 5.02 Å². The lowest BCUT2D eigenvalue weighted by molar-refractivity contribution is 0.773. The largest absolute Gasteiger partial charge is 0.0843 e. The standard InChI is InChI=1S/C49H31Cl/c50-36-25-27-39-42-26-23-35(33-15-5-2-6-16-33)30-48(42)49(45-21-11-9-19-40(45)41-20-10-12-22-46(41)49)47-28-24-34(32-13-3-1-4-14-32)29-44(47)38-18-8-7-17-37(38)43(39)31-36/h1-31H. The van der Waals surface area contributed by atoms with E-state index >= 15 is 0 Å². The lowest BCUT2D eigenvalue weighted by Gasteiger charge is -2.37. The molecule has 0 bridgehead atoms. The fourth-order valence-corrected chi connectivity index (χ4v) is 8.86. The van der Waals surface area contributed by atoms with Crippen LogP contribution in [0.1, 0.15) is 22.3 Å². The van der Waals surface area contributed by atoms with Crippen molar-refractivity contribution >= 4 is 11.6 Å². The van der Waals surface area contributed by atoms with Crippen LogP contribution in [0, 0.1) is 0 Å². The van der Waals surface area contributed by atoms with Crippen LogP contribution in [0.15, 0.2) is 188 Å². The molecule has 0 heterocycles. The van der Waals surface area contributed by atoms with E-state index in [1.54, 1.807) is 0 Å². The third kappa shape index (κ3) is 4.19. The Kier molecular flexibility index (Phi) is 6.56. The molecule has 1 spiro atoms. The summed E-state index contributed by atoms with van der Waals surface area (Å²) in [5.74, 6) is 0. The second kappa shape index (κ2) is 11.3. The average Bonchev–Trinajstić information content (AvgIpc) is 3.50. The smallest absolute Gasteiger partial charge is 0.0725 e. The molecule has 0 saturated heterocycles. The lowest BCUT2D eigenvalue weighted by Crippen LogP contribution is -2.30. The Labute approximate surface area is 297 Å². The van der Waals surface area contributed by atoms with E-state index < -0.39 is 5.41 Å². The van der Waals surface area contributed by atoms with E-state index in [1.165, 1.54) is 83.5 Å². The minimum atomic E-state index is -0.619. The van der Waals surface area contributed by atoms with Gasteiger partial charge in [0.1, 0.15) is 0 Å². The van der Waals surface area contributed by atoms with E-state index in [1.807, 2.05) is 6.07 Å². The van der Waals surface area contributed by atoms with Gasteiger partial charge in [0.05, 0.1) is 5.41 Å². The molecule has 0 radical (unpaired) electrons. The normalized spacial score (nSPS) is 13.1. The van der Waals surface area contributed by atoms with Gasteiger partial charge in [-0.1, -0.05) is 175 Å². The van der Waals surface area contributed by atoms with Crippen molar-refractivity contribution in [3.05, 3.63) is 215 Å². The molecule has 0 atom stereocenters. The number of benzene rings is 8. The van der Waals surface area contributed by atoms with Crippen molar-refractivity contribution in [1.29, 1.82) is 0 Å². The van der Waals surface area contributed by atoms with Crippen LogP contribution in [0.2, 0.25) is 5.02 Å². The Morgan fingerprint density at radius 1 is 0.260 bits per heavy atom. The Balaban J connectivity index is 1.45. The molecule has 0 aromatic heterocycles. The first kappa shape index (κ1) is 29.0. The summed E-state index contributed by atoms with van der Waals surface area (Å²) >= 11 is 6.87. The zero-order valence-corrected chi connectivity index (χ0v) is 28.0. The minimum absolute atomic E-state index is 0.619. The Morgan fingerprint density at radius 2 is 0.700 bits per heavy atom. The second-order valence-corrected chi connectivity index (χ2v) is 13.8. The summed E-state index contributed by atoms with van der Waals surface area (Å²) in [6.45, 7) is 0. The van der Waals surface area contributed by atoms with Crippen LogP contribution in [-0.4, -0.2) is 0 Å². The highest BCUT2D eigenvalue weighted by Crippen LogP contribution is 2.61. The molecule has 0 N–H and O–H groups in total. The minimum Gasteiger partial charge on any atom is -0.0843 e. The van der Waals surface area contributed by atoms with Crippen LogP contribution in [0.3, 0.4) is 0 Å². The van der Waals surface area contributed by atoms with Crippen LogP contribution < -0.4 is 0 Å². The fraction of sp³-hybridized carbons (Fsp3) is 0.0204. The van der Waals surface area contributed by atoms with Gasteiger partial charge in [0.25, 0.3) is 0 Å². The first-order valence-corrected chi connectivity index (χ1v) is 17.6. The maximum absolute atomic E-state index is 6.87. The molecule has 0 amide bonds. The highest BCUT2D eigenvalue weighted by atomic mass is 35.5. The summed E-state index contributed by atoms with van der Waals surface area (Å²) in [5, 5.41) is 0.727. The Hall–Kier alpha value is -5.95. The molecule has 0 aliphatic heterocycles. The number of hydrogen-bond acceptors (Lipinski definition) is 0. The molecule has 1 heteroatoms. The summed E-state index contributed by atoms with van der Waals surface area (Å²) in [6.07, 6.45) is 0. The summed E-state index contributed by atoms with van der Waals surface area (Å²) in [4.78, 5) is 0. The van der Waals surface area contributed by atoms with Gasteiger partial charge in [-0.05, 0) is 113 Å². The molecule has 2 aliphatic carbocycles. The van der Waals surface area contributed by atoms with Crippen molar-refractivity contribution in [2.75, 3.05) is 0 Å². The molecule has 0 saturated carbocycles. The van der Waals surface area contributed by atoms with Gasteiger partial charge in [0.15, 0.2) is 0 Å². The molecule has 0 fully saturated rings. The van der Waals surface area contributed by atoms with Gasteiger partial charge in [-0.2, -0.15) is 0 Å². The molecule has 0 nitrogen and oxygen atoms in total. The van der Waals surface area contributed by atoms with Crippen molar-refractivity contribution in [3.63, 3.8) is 0 Å². The molecule has 234 valence electrons. The van der Waals surface area contributed by atoms with E-state index in [4.69, 9.17) is 11.6 Å². The molecule has 2 aliphatic rings. The van der Waals surface area contributed by atoms with Crippen LogP contribution in [0.5, 0.6) is 0 Å². The highest BCUT2D eigenvalue weighted by molar-refractivity contribution is 6.31. The van der Waals surface area contributed by atoms with Crippen molar-refractivity contribution in [1.82, 2.24) is 0 Å². The van der Waals surface area contributed by atoms with E-state index in [-0.39, 0.29) is 0 Å². The molecule has 10 rings (SSSR count). The average molecular weight is 655 g/mol. The predicted octanol–water partition coefficient (Wildman–Crippen LogP) is 13.4. The zero-order chi connectivity index (χ0) is 33.2. The van der Waals surface area contributed by atoms with E-state index in [0.29, 0.717) is 0 Å². The van der Waals surface area contributed by atoms with Gasteiger partial charge >= 0.3 is 0 Å². The number of hydrogen-bond donors (Lipinski definition) is 0. The molecular weight excluding hydrogens is 624 g/mol. The predicted molar refractivity (Wildman–Crippen MR) is 209 cm³/mol. The fourth-order valence-electron chi connectivity index (χ4n) is 8.69. The quantitative estimate of drug-likeness (QED) is 0.174. The van der Waals surface area contributed by atoms with E-state index in [2.05, 4.69) is 182 Å².